The molecule has 0 aliphatic heterocycles. The van der Waals surface area contributed by atoms with Crippen LogP contribution >= 0.6 is 34.8 Å². The number of benzene rings is 2. The highest BCUT2D eigenvalue weighted by Gasteiger charge is 2.10. The van der Waals surface area contributed by atoms with E-state index in [0.29, 0.717) is 16.5 Å². The molecule has 0 spiro atoms. The van der Waals surface area contributed by atoms with E-state index >= 15 is 0 Å². The van der Waals surface area contributed by atoms with E-state index in [1.165, 1.54) is 12.1 Å². The minimum atomic E-state index is -0.372. The maximum atomic E-state index is 11.9. The first kappa shape index (κ1) is 18.2. The average molecular weight is 386 g/mol. The Hall–Kier alpha value is -2.13. The molecule has 124 valence electrons. The highest BCUT2D eigenvalue weighted by Crippen LogP contribution is 2.33. The van der Waals surface area contributed by atoms with Crippen molar-refractivity contribution in [1.29, 1.82) is 5.26 Å². The minimum Gasteiger partial charge on any atom is -0.482 e. The van der Waals surface area contributed by atoms with Crippen LogP contribution in [0.15, 0.2) is 36.4 Å². The molecule has 1 N–H and O–H groups in total. The molecule has 0 atom stereocenters. The molecule has 0 saturated carbocycles. The number of halogens is 3. The Bertz CT molecular complexity index is 773. The van der Waals surface area contributed by atoms with E-state index in [9.17, 15) is 4.79 Å². The second-order valence-corrected chi connectivity index (χ2v) is 5.73. The van der Waals surface area contributed by atoms with Crippen molar-refractivity contribution >= 4 is 46.4 Å². The molecule has 0 aromatic heterocycles. The summed E-state index contributed by atoms with van der Waals surface area (Å²) in [5.74, 6) is 0.428. The number of amides is 1. The number of nitrogens with one attached hydrogen (secondary N) is 1. The Balaban J connectivity index is 1.89. The summed E-state index contributed by atoms with van der Waals surface area (Å²) < 4.78 is 10.5. The molecule has 0 aliphatic rings. The molecule has 0 unspecified atom stereocenters. The van der Waals surface area contributed by atoms with Crippen molar-refractivity contribution in [3.8, 4) is 17.6 Å². The number of carbonyl (C=O) groups is 1. The van der Waals surface area contributed by atoms with Crippen LogP contribution in [0.3, 0.4) is 0 Å². The van der Waals surface area contributed by atoms with Crippen LogP contribution in [-0.2, 0) is 4.79 Å². The summed E-state index contributed by atoms with van der Waals surface area (Å²) in [7, 11) is 0. The summed E-state index contributed by atoms with van der Waals surface area (Å²) in [6, 6.07) is 11.3. The standard InChI is InChI=1S/C16H11Cl3N2O3/c17-12-7-14(19)15(8-13(12)18)24-9-16(22)21-10-1-3-11(4-2-10)23-6-5-20/h1-4,7-8H,6,9H2,(H,21,22). The zero-order valence-electron chi connectivity index (χ0n) is 12.2. The number of hydrogen-bond donors (Lipinski definition) is 1. The van der Waals surface area contributed by atoms with E-state index in [1.807, 2.05) is 6.07 Å². The van der Waals surface area contributed by atoms with Crippen LogP contribution in [0.5, 0.6) is 11.5 Å². The van der Waals surface area contributed by atoms with Gasteiger partial charge in [-0.3, -0.25) is 4.79 Å². The first-order chi connectivity index (χ1) is 11.5. The van der Waals surface area contributed by atoms with E-state index in [1.54, 1.807) is 24.3 Å². The molecule has 2 rings (SSSR count). The number of nitrogens with zero attached hydrogens (tertiary/aromatic N) is 1. The lowest BCUT2D eigenvalue weighted by molar-refractivity contribution is -0.118. The zero-order valence-corrected chi connectivity index (χ0v) is 14.5. The molecule has 0 saturated heterocycles. The molecule has 8 heteroatoms. The number of hydrogen-bond acceptors (Lipinski definition) is 4. The maximum Gasteiger partial charge on any atom is 0.262 e. The number of anilines is 1. The lowest BCUT2D eigenvalue weighted by Gasteiger charge is -2.10. The molecule has 2 aromatic carbocycles. The van der Waals surface area contributed by atoms with Gasteiger partial charge in [-0.25, -0.2) is 0 Å². The van der Waals surface area contributed by atoms with Gasteiger partial charge in [0.25, 0.3) is 5.91 Å². The van der Waals surface area contributed by atoms with Crippen LogP contribution in [-0.4, -0.2) is 19.1 Å². The molecule has 2 aromatic rings. The second kappa shape index (κ2) is 8.65. The number of nitriles is 1. The Morgan fingerprint density at radius 2 is 1.71 bits per heavy atom. The summed E-state index contributed by atoms with van der Waals surface area (Å²) in [4.78, 5) is 11.9. The van der Waals surface area contributed by atoms with Crippen LogP contribution in [0.25, 0.3) is 0 Å². The van der Waals surface area contributed by atoms with E-state index in [2.05, 4.69) is 5.32 Å². The third-order valence-corrected chi connectivity index (χ3v) is 3.79. The molecule has 5 nitrogen and oxygen atoms in total. The van der Waals surface area contributed by atoms with Crippen molar-refractivity contribution in [2.24, 2.45) is 0 Å². The summed E-state index contributed by atoms with van der Waals surface area (Å²) >= 11 is 17.7. The van der Waals surface area contributed by atoms with E-state index in [0.717, 1.165) is 0 Å². The molecule has 0 heterocycles. The van der Waals surface area contributed by atoms with Crippen molar-refractivity contribution in [3.05, 3.63) is 51.5 Å². The highest BCUT2D eigenvalue weighted by molar-refractivity contribution is 6.43. The Morgan fingerprint density at radius 1 is 1.04 bits per heavy atom. The number of rotatable bonds is 6. The monoisotopic (exact) mass is 384 g/mol. The van der Waals surface area contributed by atoms with Gasteiger partial charge in [-0.15, -0.1) is 0 Å². The van der Waals surface area contributed by atoms with Gasteiger partial charge in [0.1, 0.15) is 17.6 Å². The van der Waals surface area contributed by atoms with Crippen LogP contribution in [0.2, 0.25) is 15.1 Å². The average Bonchev–Trinajstić information content (AvgIpc) is 2.56. The van der Waals surface area contributed by atoms with E-state index in [-0.39, 0.29) is 34.9 Å². The topological polar surface area (TPSA) is 71.3 Å². The van der Waals surface area contributed by atoms with Crippen LogP contribution < -0.4 is 14.8 Å². The molecule has 0 aliphatic carbocycles. The van der Waals surface area contributed by atoms with Crippen LogP contribution in [0.1, 0.15) is 0 Å². The Kier molecular flexibility index (Phi) is 6.56. The van der Waals surface area contributed by atoms with Gasteiger partial charge in [-0.2, -0.15) is 5.26 Å². The summed E-state index contributed by atoms with van der Waals surface area (Å²) in [5, 5.41) is 11.9. The molecule has 0 radical (unpaired) electrons. The first-order valence-electron chi connectivity index (χ1n) is 6.66. The second-order valence-electron chi connectivity index (χ2n) is 4.50. The van der Waals surface area contributed by atoms with Crippen molar-refractivity contribution in [3.63, 3.8) is 0 Å². The van der Waals surface area contributed by atoms with Gasteiger partial charge in [0, 0.05) is 11.8 Å². The fourth-order valence-electron chi connectivity index (χ4n) is 1.71. The van der Waals surface area contributed by atoms with Gasteiger partial charge in [0.2, 0.25) is 0 Å². The van der Waals surface area contributed by atoms with Gasteiger partial charge < -0.3 is 14.8 Å². The molecule has 24 heavy (non-hydrogen) atoms. The van der Waals surface area contributed by atoms with Crippen molar-refractivity contribution in [2.45, 2.75) is 0 Å². The quantitative estimate of drug-likeness (QED) is 0.740. The summed E-state index contributed by atoms with van der Waals surface area (Å²) in [5.41, 5.74) is 0.563. The van der Waals surface area contributed by atoms with Gasteiger partial charge in [0.15, 0.2) is 13.2 Å². The largest absolute Gasteiger partial charge is 0.482 e. The first-order valence-corrected chi connectivity index (χ1v) is 7.80. The van der Waals surface area contributed by atoms with E-state index < -0.39 is 0 Å². The van der Waals surface area contributed by atoms with Gasteiger partial charge >= 0.3 is 0 Å². The lowest BCUT2D eigenvalue weighted by Crippen LogP contribution is -2.20. The molecule has 0 fully saturated rings. The van der Waals surface area contributed by atoms with Crippen molar-refractivity contribution in [1.82, 2.24) is 0 Å². The molecular weight excluding hydrogens is 375 g/mol. The predicted molar refractivity (Wildman–Crippen MR) is 93.1 cm³/mol. The van der Waals surface area contributed by atoms with Crippen molar-refractivity contribution in [2.75, 3.05) is 18.5 Å². The fourth-order valence-corrected chi connectivity index (χ4v) is 2.30. The lowest BCUT2D eigenvalue weighted by atomic mass is 10.3. The SMILES string of the molecule is N#CCOc1ccc(NC(=O)COc2cc(Cl)c(Cl)cc2Cl)cc1. The fraction of sp³-hybridized carbons (Fsp3) is 0.125. The molecule has 1 amide bonds. The van der Waals surface area contributed by atoms with E-state index in [4.69, 9.17) is 49.5 Å². The maximum absolute atomic E-state index is 11.9. The Morgan fingerprint density at radius 3 is 2.38 bits per heavy atom. The summed E-state index contributed by atoms with van der Waals surface area (Å²) in [6.45, 7) is -0.283. The number of ether oxygens (including phenoxy) is 2. The zero-order chi connectivity index (χ0) is 17.5. The third kappa shape index (κ3) is 5.20. The highest BCUT2D eigenvalue weighted by atomic mass is 35.5. The van der Waals surface area contributed by atoms with Gasteiger partial charge in [0.05, 0.1) is 15.1 Å². The van der Waals surface area contributed by atoms with Crippen LogP contribution in [0, 0.1) is 11.3 Å². The Labute approximate surface area is 153 Å². The van der Waals surface area contributed by atoms with Crippen LogP contribution in [0.4, 0.5) is 5.69 Å². The third-order valence-electron chi connectivity index (χ3n) is 2.78. The van der Waals surface area contributed by atoms with Gasteiger partial charge in [-0.1, -0.05) is 34.8 Å². The smallest absolute Gasteiger partial charge is 0.262 e. The molecular formula is C16H11Cl3N2O3. The van der Waals surface area contributed by atoms with Crippen molar-refractivity contribution < 1.29 is 14.3 Å². The summed E-state index contributed by atoms with van der Waals surface area (Å²) in [6.07, 6.45) is 0. The normalized spacial score (nSPS) is 9.92. The predicted octanol–water partition coefficient (Wildman–Crippen LogP) is 4.57. The van der Waals surface area contributed by atoms with Gasteiger partial charge in [-0.05, 0) is 30.3 Å². The molecule has 0 bridgehead atoms. The minimum absolute atomic E-state index is 0.0377. The number of carbonyl (C=O) groups excluding carboxylic acids is 1.